The molecule has 0 amide bonds. The van der Waals surface area contributed by atoms with E-state index in [9.17, 15) is 38.4 Å². The van der Waals surface area contributed by atoms with Crippen LogP contribution in [0.5, 0.6) is 46.0 Å². The summed E-state index contributed by atoms with van der Waals surface area (Å²) < 4.78 is 571. The summed E-state index contributed by atoms with van der Waals surface area (Å²) in [5.41, 5.74) is 21.4. The van der Waals surface area contributed by atoms with Crippen LogP contribution >= 0.6 is 0 Å². The van der Waals surface area contributed by atoms with Crippen molar-refractivity contribution >= 4 is 23.9 Å². The van der Waals surface area contributed by atoms with Gasteiger partial charge in [0.1, 0.15) is 48.5 Å². The molecule has 120 heavy (non-hydrogen) atoms. The lowest BCUT2D eigenvalue weighted by atomic mass is 9.79. The number of nitrogens with zero attached hydrogens (tertiary/aromatic N) is 4. The molecule has 8 aliphatic rings. The molecule has 4 saturated heterocycles. The fourth-order valence-electron chi connectivity index (χ4n) is 14.5. The lowest BCUT2D eigenvalue weighted by Crippen LogP contribution is -2.51. The highest BCUT2D eigenvalue weighted by Gasteiger charge is 2.47. The highest BCUT2D eigenvalue weighted by molar-refractivity contribution is 5.77. The first-order valence-electron chi connectivity index (χ1n) is 68.6. The number of esters is 4. The Morgan fingerprint density at radius 1 is 0.467 bits per heavy atom. The average Bonchev–Trinajstić information content (AvgIpc) is 0.627. The molecule has 0 bridgehead atoms. The van der Waals surface area contributed by atoms with Gasteiger partial charge in [-0.05, 0) is 191 Å². The Balaban J connectivity index is 0.000000264. The van der Waals surface area contributed by atoms with Crippen LogP contribution in [-0.4, -0.2) is 201 Å². The van der Waals surface area contributed by atoms with Gasteiger partial charge in [0, 0.05) is 186 Å². The first kappa shape index (κ1) is 43.2. The Labute approximate surface area is 803 Å². The summed E-state index contributed by atoms with van der Waals surface area (Å²) in [6.45, 7) is -22.8. The maximum atomic E-state index is 13.5. The van der Waals surface area contributed by atoms with Gasteiger partial charge in [-0.15, -0.1) is 0 Å². The molecule has 672 valence electrons. The highest BCUT2D eigenvalue weighted by atomic mass is 16.6. The molecule has 4 fully saturated rings. The van der Waals surface area contributed by atoms with Crippen molar-refractivity contribution in [2.24, 2.45) is 93.8 Å². The number of rotatable bonds is 28. The van der Waals surface area contributed by atoms with Crippen LogP contribution in [0.2, 0.25) is 0 Å². The number of benzene rings is 4. The summed E-state index contributed by atoms with van der Waals surface area (Å²) >= 11 is 0. The quantitative estimate of drug-likeness (QED) is 0.0303. The summed E-state index contributed by atoms with van der Waals surface area (Å²) in [5.74, 6) is -34.7. The topological polar surface area (TPSA) is 296 Å². The molecule has 0 radical (unpaired) electrons. The molecule has 12 rings (SSSR count). The second kappa shape index (κ2) is 43.9. The molecule has 0 saturated carbocycles. The van der Waals surface area contributed by atoms with E-state index < -0.39 is 330 Å². The van der Waals surface area contributed by atoms with Gasteiger partial charge in [-0.1, -0.05) is 110 Å². The fourth-order valence-corrected chi connectivity index (χ4v) is 14.5. The van der Waals surface area contributed by atoms with E-state index in [0.29, 0.717) is 70.7 Å². The van der Waals surface area contributed by atoms with Crippen molar-refractivity contribution < 1.29 is 158 Å². The van der Waals surface area contributed by atoms with Gasteiger partial charge in [-0.2, -0.15) is 0 Å². The third-order valence-corrected chi connectivity index (χ3v) is 20.5. The largest absolute Gasteiger partial charge is 0.493 e. The van der Waals surface area contributed by atoms with Gasteiger partial charge in [0.25, 0.3) is 0 Å². The molecule has 8 N–H and O–H groups in total. The van der Waals surface area contributed by atoms with E-state index in [4.69, 9.17) is 143 Å². The van der Waals surface area contributed by atoms with Crippen LogP contribution < -0.4 is 60.8 Å². The van der Waals surface area contributed by atoms with E-state index in [2.05, 4.69) is 9.80 Å². The zero-order chi connectivity index (χ0) is 140. The highest BCUT2D eigenvalue weighted by Crippen LogP contribution is 2.50. The summed E-state index contributed by atoms with van der Waals surface area (Å²) in [7, 11) is 1.08. The Morgan fingerprint density at radius 3 is 1.18 bits per heavy atom. The molecule has 4 aromatic rings. The maximum Gasteiger partial charge on any atom is 0.323 e. The van der Waals surface area contributed by atoms with Gasteiger partial charge in [-0.25, -0.2) is 0 Å². The molecule has 0 aromatic heterocycles. The minimum Gasteiger partial charge on any atom is -0.493 e. The number of fused-ring (bicyclic) bond motifs is 12. The van der Waals surface area contributed by atoms with Crippen molar-refractivity contribution in [2.75, 3.05) is 109 Å². The number of carbonyl (C=O) groups is 4. The molecule has 8 aliphatic heterocycles. The first-order valence-corrected chi connectivity index (χ1v) is 38.6. The number of nitrogens with two attached hydrogens (primary N) is 4. The average molecular weight is 1730 g/mol. The second-order valence-electron chi connectivity index (χ2n) is 30.6. The van der Waals surface area contributed by atoms with Gasteiger partial charge >= 0.3 is 23.9 Å². The lowest BCUT2D eigenvalue weighted by Gasteiger charge is -2.47. The van der Waals surface area contributed by atoms with Gasteiger partial charge in [0.2, 0.25) is 0 Å². The predicted octanol–water partition coefficient (Wildman–Crippen LogP) is 14.3. The second-order valence-corrected chi connectivity index (χ2v) is 30.6. The molecule has 24 heteroatoms. The monoisotopic (exact) mass is 1730 g/mol. The van der Waals surface area contributed by atoms with E-state index in [1.54, 1.807) is 26.4 Å². The molecular formula is C96H152N8O16. The van der Waals surface area contributed by atoms with Crippen molar-refractivity contribution in [1.29, 1.82) is 0 Å². The van der Waals surface area contributed by atoms with Crippen LogP contribution in [0.1, 0.15) is 312 Å². The Kier molecular flexibility index (Phi) is 15.8. The molecular weight excluding hydrogens is 1520 g/mol. The van der Waals surface area contributed by atoms with E-state index >= 15 is 0 Å². The number of piperidine rings is 4. The molecule has 14 unspecified atom stereocenters. The normalized spacial score (nSPS) is 42.0. The standard InChI is InChI=1S/4C24H38N2O4/c4*1-14(2)9-17-13-26-8-7-16-10-21(28-5)22(29-6)11-18(16)19(26)12-20(17)30-24(27)23(25)15(3)4/h4*10-11,14-15,17,19-20,23H,7-9,12-13,25H2,1-6H3/t4*17?,19?,20?,23-/m0000/s1/i1D3,5D3,7D2,8D2,9D2,10D,11D,12D2,13D2,14D,17D,19D,20D;1D3,7D2,8D2,9D2,10D,11D,12D2,13D2,14D,17D,19D,20D;3D3,4D3,5D3,15D,23D;3D3,4D3,15D,23D/t2*14?,17?,19?,20?,23-;2m. The zero-order valence-electron chi connectivity index (χ0n) is 130. The Morgan fingerprint density at radius 2 is 0.825 bits per heavy atom. The number of hydrogen-bond donors (Lipinski definition) is 4. The molecule has 0 aliphatic carbocycles. The van der Waals surface area contributed by atoms with Crippen LogP contribution in [0.4, 0.5) is 0 Å². The van der Waals surface area contributed by atoms with Crippen LogP contribution in [-0.2, 0) is 63.7 Å². The third kappa shape index (κ3) is 23.8. The van der Waals surface area contributed by atoms with Crippen molar-refractivity contribution in [3.05, 3.63) is 92.9 Å². The minimum absolute atomic E-state index is 0.0689. The molecule has 4 aromatic carbocycles. The number of carbonyl (C=O) groups excluding carboxylic acids is 4. The third-order valence-electron chi connectivity index (χ3n) is 20.5. The van der Waals surface area contributed by atoms with Crippen LogP contribution in [0.25, 0.3) is 0 Å². The zero-order valence-corrected chi connectivity index (χ0v) is 69.9. The summed E-state index contributed by atoms with van der Waals surface area (Å²) in [6, 6.07) is -17.1. The fraction of sp³-hybridized carbons (Fsp3) is 0.708. The number of methoxy groups -OCH3 is 8. The van der Waals surface area contributed by atoms with Crippen molar-refractivity contribution in [2.45, 2.75) is 260 Å². The Bertz CT molecular complexity index is 6850. The van der Waals surface area contributed by atoms with Gasteiger partial charge in [-0.3, -0.25) is 38.8 Å². The van der Waals surface area contributed by atoms with Crippen molar-refractivity contribution in [3.8, 4) is 46.0 Å². The summed E-state index contributed by atoms with van der Waals surface area (Å²) in [6.07, 6.45) is -33.0. The van der Waals surface area contributed by atoms with Crippen molar-refractivity contribution in [3.63, 3.8) is 0 Å². The van der Waals surface area contributed by atoms with E-state index in [1.807, 2.05) is 39.8 Å². The van der Waals surface area contributed by atoms with Crippen LogP contribution in [0, 0.1) is 70.9 Å². The van der Waals surface area contributed by atoms with Crippen molar-refractivity contribution in [1.82, 2.24) is 19.6 Å². The number of ether oxygens (including phenoxy) is 12. The molecule has 8 heterocycles. The van der Waals surface area contributed by atoms with Crippen LogP contribution in [0.15, 0.2) is 48.4 Å². The SMILES string of the molecule is [2H]C([2H])([2H])C([2H])(C([2H])([2H])[2H])[C@]([2H])(N)C(=O)OC1CC2c3cc(OC)c(OC)cc3CCN2CC1CC(C)C.[2H]C([2H])([2H])Oc1cc2c(cc1OC)C1CC(OC(=O)[C@@]([2H])(N)C([2H])(C([2H])([2H])[2H])C([2H])([2H])[2H])C(CC(C)C)CN1CC2.[2H]c1c(OC([2H])([2H])[2H])c(OC)c([2H])c2c1C([2H])([2H])C([2H])([2H])N1C([2H])([2H])C([2H])(C([2H])([2H])C([2H])(C)C([2H])([2H])[2H])C([2H])(OC(=O)[C@@H](N)C(C)C)C([2H])([2H])C21[2H].[2H]c1c(OC)c(OC)c([2H])c2c1C([2H])([2H])C([2H])([2H])N1C([2H])([2H])C([2H])(C([2H])([2H])C([2H])(C)C([2H])([2H])[2H])C([2H])(OC(=O)[C@@H](N)C(C)C)C([2H])([2H])C21[2H]. The lowest BCUT2D eigenvalue weighted by molar-refractivity contribution is -0.161. The van der Waals surface area contributed by atoms with Gasteiger partial charge < -0.3 is 79.8 Å². The predicted molar refractivity (Wildman–Crippen MR) is 471 cm³/mol. The van der Waals surface area contributed by atoms with Gasteiger partial charge in [0.05, 0.1) is 78.7 Å². The first-order chi connectivity index (χ1) is 80.2. The van der Waals surface area contributed by atoms with Crippen LogP contribution in [0.3, 0.4) is 0 Å². The molecule has 0 spiro atoms. The minimum atomic E-state index is -4.69. The smallest absolute Gasteiger partial charge is 0.323 e. The molecule has 24 nitrogen and oxygen atoms in total. The maximum absolute atomic E-state index is 13.5. The van der Waals surface area contributed by atoms with E-state index in [1.165, 1.54) is 34.8 Å². The summed E-state index contributed by atoms with van der Waals surface area (Å²) in [5, 5.41) is 0. The van der Waals surface area contributed by atoms with E-state index in [0.717, 1.165) is 56.5 Å². The van der Waals surface area contributed by atoms with Gasteiger partial charge in [0.15, 0.2) is 46.0 Å². The number of hydrogen-bond acceptors (Lipinski definition) is 24. The van der Waals surface area contributed by atoms with E-state index in [-0.39, 0.29) is 53.7 Å². The summed E-state index contributed by atoms with van der Waals surface area (Å²) in [4.78, 5) is 56.7. The molecule has 18 atom stereocenters. The Hall–Kier alpha value is -7.16.